The van der Waals surface area contributed by atoms with Crippen LogP contribution in [0.25, 0.3) is 0 Å². The van der Waals surface area contributed by atoms with E-state index in [1.807, 2.05) is 13.8 Å². The topological polar surface area (TPSA) is 103 Å². The fourth-order valence-corrected chi connectivity index (χ4v) is 3.63. The van der Waals surface area contributed by atoms with Crippen molar-refractivity contribution in [1.82, 2.24) is 5.32 Å². The summed E-state index contributed by atoms with van der Waals surface area (Å²) in [5.41, 5.74) is 0.366. The number of nitrogens with one attached hydrogen (secondary N) is 2. The van der Waals surface area contributed by atoms with Crippen molar-refractivity contribution in [2.75, 3.05) is 18.1 Å². The van der Waals surface area contributed by atoms with E-state index in [2.05, 4.69) is 10.0 Å². The molecule has 2 aromatic carbocycles. The first-order chi connectivity index (χ1) is 13.7. The van der Waals surface area contributed by atoms with Crippen LogP contribution in [0.5, 0.6) is 17.2 Å². The molecule has 0 spiro atoms. The Kier molecular flexibility index (Phi) is 6.17. The van der Waals surface area contributed by atoms with Gasteiger partial charge in [-0.15, -0.1) is 0 Å². The molecule has 0 saturated heterocycles. The van der Waals surface area contributed by atoms with Crippen molar-refractivity contribution in [2.24, 2.45) is 5.92 Å². The molecule has 2 aromatic rings. The lowest BCUT2D eigenvalue weighted by molar-refractivity contribution is -0.127. The van der Waals surface area contributed by atoms with Crippen molar-refractivity contribution < 1.29 is 27.4 Å². The van der Waals surface area contributed by atoms with Gasteiger partial charge in [0, 0.05) is 12.6 Å². The summed E-state index contributed by atoms with van der Waals surface area (Å²) < 4.78 is 43.8. The van der Waals surface area contributed by atoms with Crippen molar-refractivity contribution in [3.63, 3.8) is 0 Å². The van der Waals surface area contributed by atoms with E-state index >= 15 is 0 Å². The second-order valence-corrected chi connectivity index (χ2v) is 8.73. The molecule has 3 rings (SSSR count). The van der Waals surface area contributed by atoms with E-state index in [0.717, 1.165) is 0 Å². The number of fused-ring (bicyclic) bond motifs is 1. The average molecular weight is 420 g/mol. The molecule has 0 aliphatic carbocycles. The largest absolute Gasteiger partial charge is 0.481 e. The van der Waals surface area contributed by atoms with Gasteiger partial charge in [0.1, 0.15) is 5.75 Å². The molecule has 1 atom stereocenters. The fourth-order valence-electron chi connectivity index (χ4n) is 2.58. The van der Waals surface area contributed by atoms with Gasteiger partial charge < -0.3 is 19.5 Å². The van der Waals surface area contributed by atoms with Crippen LogP contribution >= 0.6 is 0 Å². The van der Waals surface area contributed by atoms with Crippen molar-refractivity contribution in [3.05, 3.63) is 42.5 Å². The van der Waals surface area contributed by atoms with Gasteiger partial charge in [-0.3, -0.25) is 9.52 Å². The molecule has 1 aliphatic heterocycles. The zero-order valence-corrected chi connectivity index (χ0v) is 17.3. The highest BCUT2D eigenvalue weighted by atomic mass is 32.2. The number of hydrogen-bond acceptors (Lipinski definition) is 6. The molecule has 1 amide bonds. The van der Waals surface area contributed by atoms with Crippen LogP contribution in [0, 0.1) is 5.92 Å². The third-order valence-electron chi connectivity index (χ3n) is 4.13. The molecule has 2 N–H and O–H groups in total. The molecule has 0 bridgehead atoms. The lowest BCUT2D eigenvalue weighted by atomic mass is 10.2. The van der Waals surface area contributed by atoms with Crippen LogP contribution in [0.3, 0.4) is 0 Å². The highest BCUT2D eigenvalue weighted by Crippen LogP contribution is 2.34. The van der Waals surface area contributed by atoms with Crippen molar-refractivity contribution in [1.29, 1.82) is 0 Å². The third-order valence-corrected chi connectivity index (χ3v) is 5.52. The summed E-state index contributed by atoms with van der Waals surface area (Å²) in [7, 11) is -3.79. The van der Waals surface area contributed by atoms with E-state index in [0.29, 0.717) is 35.4 Å². The molecule has 0 saturated carbocycles. The number of carbonyl (C=O) groups is 1. The second kappa shape index (κ2) is 8.60. The van der Waals surface area contributed by atoms with Gasteiger partial charge in [0.05, 0.1) is 10.6 Å². The van der Waals surface area contributed by atoms with Gasteiger partial charge in [0.15, 0.2) is 17.6 Å². The highest BCUT2D eigenvalue weighted by Gasteiger charge is 2.19. The number of rotatable bonds is 8. The van der Waals surface area contributed by atoms with Crippen LogP contribution in [0.1, 0.15) is 20.8 Å². The van der Waals surface area contributed by atoms with E-state index in [1.165, 1.54) is 24.3 Å². The van der Waals surface area contributed by atoms with Gasteiger partial charge in [0.2, 0.25) is 6.79 Å². The highest BCUT2D eigenvalue weighted by molar-refractivity contribution is 7.92. The predicted octanol–water partition coefficient (Wildman–Crippen LogP) is 2.76. The molecule has 0 radical (unpaired) electrons. The summed E-state index contributed by atoms with van der Waals surface area (Å²) in [5.74, 6) is 1.58. The van der Waals surface area contributed by atoms with Crippen LogP contribution in [0.4, 0.5) is 5.69 Å². The van der Waals surface area contributed by atoms with Gasteiger partial charge in [-0.1, -0.05) is 13.8 Å². The Balaban J connectivity index is 1.63. The van der Waals surface area contributed by atoms with E-state index in [4.69, 9.17) is 14.2 Å². The maximum absolute atomic E-state index is 12.6. The monoisotopic (exact) mass is 420 g/mol. The maximum Gasteiger partial charge on any atom is 0.261 e. The van der Waals surface area contributed by atoms with Crippen LogP contribution in [-0.4, -0.2) is 33.8 Å². The van der Waals surface area contributed by atoms with Gasteiger partial charge in [0.25, 0.3) is 15.9 Å². The molecule has 9 heteroatoms. The number of ether oxygens (including phenoxy) is 3. The molecule has 0 unspecified atom stereocenters. The van der Waals surface area contributed by atoms with E-state index in [1.54, 1.807) is 25.1 Å². The minimum Gasteiger partial charge on any atom is -0.481 e. The van der Waals surface area contributed by atoms with Crippen molar-refractivity contribution >= 4 is 21.6 Å². The molecule has 1 aliphatic rings. The number of sulfonamides is 1. The Morgan fingerprint density at radius 2 is 1.76 bits per heavy atom. The average Bonchev–Trinajstić information content (AvgIpc) is 3.14. The first-order valence-electron chi connectivity index (χ1n) is 9.21. The summed E-state index contributed by atoms with van der Waals surface area (Å²) in [6.45, 7) is 6.32. The lowest BCUT2D eigenvalue weighted by Crippen LogP contribution is -2.38. The Morgan fingerprint density at radius 3 is 2.45 bits per heavy atom. The first-order valence-corrected chi connectivity index (χ1v) is 10.7. The minimum atomic E-state index is -3.79. The Morgan fingerprint density at radius 1 is 1.07 bits per heavy atom. The molecule has 8 nitrogen and oxygen atoms in total. The quantitative estimate of drug-likeness (QED) is 0.681. The summed E-state index contributed by atoms with van der Waals surface area (Å²) in [5, 5.41) is 2.79. The van der Waals surface area contributed by atoms with Crippen LogP contribution < -0.4 is 24.2 Å². The molecule has 0 aromatic heterocycles. The van der Waals surface area contributed by atoms with E-state index in [-0.39, 0.29) is 17.6 Å². The van der Waals surface area contributed by atoms with Crippen molar-refractivity contribution in [2.45, 2.75) is 31.8 Å². The van der Waals surface area contributed by atoms with Gasteiger partial charge in [-0.25, -0.2) is 8.42 Å². The predicted molar refractivity (Wildman–Crippen MR) is 108 cm³/mol. The molecule has 29 heavy (non-hydrogen) atoms. The standard InChI is InChI=1S/C20H24N2O6S/c1-13(2)11-21-20(23)14(3)28-16-5-7-17(8-6-16)29(24,25)22-15-4-9-18-19(10-15)27-12-26-18/h4-10,13-14,22H,11-12H2,1-3H3,(H,21,23)/t14-/m0/s1. The van der Waals surface area contributed by atoms with E-state index in [9.17, 15) is 13.2 Å². The lowest BCUT2D eigenvalue weighted by Gasteiger charge is -2.16. The minimum absolute atomic E-state index is 0.0689. The second-order valence-electron chi connectivity index (χ2n) is 7.04. The fraction of sp³-hybridized carbons (Fsp3) is 0.350. The molecule has 0 fully saturated rings. The Hall–Kier alpha value is -2.94. The molecular weight excluding hydrogens is 396 g/mol. The number of amides is 1. The number of anilines is 1. The summed E-state index contributed by atoms with van der Waals surface area (Å²) in [6, 6.07) is 10.7. The first kappa shape index (κ1) is 20.8. The summed E-state index contributed by atoms with van der Waals surface area (Å²) >= 11 is 0. The molecular formula is C20H24N2O6S. The van der Waals surface area contributed by atoms with Gasteiger partial charge in [-0.2, -0.15) is 0 Å². The van der Waals surface area contributed by atoms with Crippen LogP contribution in [-0.2, 0) is 14.8 Å². The normalized spacial score (nSPS) is 13.8. The zero-order chi connectivity index (χ0) is 21.0. The molecule has 1 heterocycles. The van der Waals surface area contributed by atoms with Gasteiger partial charge >= 0.3 is 0 Å². The van der Waals surface area contributed by atoms with Crippen LogP contribution in [0.2, 0.25) is 0 Å². The number of carbonyl (C=O) groups excluding carboxylic acids is 1. The third kappa shape index (κ3) is 5.32. The molecule has 156 valence electrons. The van der Waals surface area contributed by atoms with E-state index < -0.39 is 16.1 Å². The number of benzene rings is 2. The maximum atomic E-state index is 12.6. The van der Waals surface area contributed by atoms with Crippen molar-refractivity contribution in [3.8, 4) is 17.2 Å². The summed E-state index contributed by atoms with van der Waals surface area (Å²) in [4.78, 5) is 12.1. The SMILES string of the molecule is CC(C)CNC(=O)[C@H](C)Oc1ccc(S(=O)(=O)Nc2ccc3c(c2)OCO3)cc1. The van der Waals surface area contributed by atoms with Gasteiger partial charge in [-0.05, 0) is 49.2 Å². The number of hydrogen-bond donors (Lipinski definition) is 2. The Bertz CT molecular complexity index is 973. The zero-order valence-electron chi connectivity index (χ0n) is 16.5. The summed E-state index contributed by atoms with van der Waals surface area (Å²) in [6.07, 6.45) is -0.692. The Labute approximate surface area is 170 Å². The smallest absolute Gasteiger partial charge is 0.261 e. The van der Waals surface area contributed by atoms with Crippen LogP contribution in [0.15, 0.2) is 47.4 Å².